The monoisotopic (exact) mass is 894 g/mol. The van der Waals surface area contributed by atoms with E-state index < -0.39 is 0 Å². The van der Waals surface area contributed by atoms with Gasteiger partial charge in [-0.15, -0.1) is 0 Å². The Morgan fingerprint density at radius 2 is 0.482 bits per heavy atom. The second-order valence-electron chi connectivity index (χ2n) is 11.8. The third-order valence-corrected chi connectivity index (χ3v) is 11.1. The minimum atomic E-state index is 0.0789. The molecule has 0 atom stereocenters. The van der Waals surface area contributed by atoms with Crippen LogP contribution in [0.3, 0.4) is 0 Å². The molecular formula is C36H14Cl8N12. The summed E-state index contributed by atoms with van der Waals surface area (Å²) in [6.07, 6.45) is 12.2. The molecule has 7 aromatic heterocycles. The predicted octanol–water partition coefficient (Wildman–Crippen LogP) is 11.7. The van der Waals surface area contributed by atoms with E-state index >= 15 is 0 Å². The van der Waals surface area contributed by atoms with Gasteiger partial charge in [-0.1, -0.05) is 92.8 Å². The van der Waals surface area contributed by atoms with Crippen LogP contribution in [0.4, 0.5) is 0 Å². The number of aromatic nitrogens is 12. The molecule has 0 fully saturated rings. The molecule has 7 aromatic rings. The third kappa shape index (κ3) is 6.27. The predicted molar refractivity (Wildman–Crippen MR) is 223 cm³/mol. The maximum atomic E-state index is 6.75. The SMILES string of the molecule is Clc1ncnc(Cl)c1-c1c2nc(c(-c3c(Cl)ncnc3Cl)c3ccc([nH]3)c(-c3c(Cl)ncnc3Cl)c3nc(c(-c4c(Cl)ncnc4Cl)c4ccc1[nH]4)C=C3)C=C2. The van der Waals surface area contributed by atoms with E-state index in [1.807, 2.05) is 24.3 Å². The van der Waals surface area contributed by atoms with Gasteiger partial charge in [0.25, 0.3) is 0 Å². The average Bonchev–Trinajstić information content (AvgIpc) is 4.00. The fraction of sp³-hybridized carbons (Fsp3) is 0. The van der Waals surface area contributed by atoms with Crippen molar-refractivity contribution < 1.29 is 0 Å². The highest BCUT2D eigenvalue weighted by Gasteiger charge is 2.26. The number of aromatic amines is 2. The van der Waals surface area contributed by atoms with E-state index in [1.54, 1.807) is 24.3 Å². The number of nitrogens with one attached hydrogen (secondary N) is 2. The average molecular weight is 898 g/mol. The van der Waals surface area contributed by atoms with E-state index in [0.29, 0.717) is 89.4 Å². The summed E-state index contributed by atoms with van der Waals surface area (Å²) in [4.78, 5) is 51.0. The van der Waals surface area contributed by atoms with Crippen LogP contribution in [0.25, 0.3) is 90.9 Å². The van der Waals surface area contributed by atoms with Gasteiger partial charge < -0.3 is 9.97 Å². The Morgan fingerprint density at radius 3 is 0.679 bits per heavy atom. The van der Waals surface area contributed by atoms with E-state index in [9.17, 15) is 0 Å². The molecule has 2 N–H and O–H groups in total. The van der Waals surface area contributed by atoms with Crippen molar-refractivity contribution in [2.45, 2.75) is 0 Å². The number of H-pyrrole nitrogens is 2. The van der Waals surface area contributed by atoms with Crippen molar-refractivity contribution in [3.05, 3.63) is 114 Å². The molecule has 0 saturated carbocycles. The lowest BCUT2D eigenvalue weighted by Crippen LogP contribution is -1.95. The third-order valence-electron chi connectivity index (χ3n) is 8.77. The Bertz CT molecular complexity index is 2570. The zero-order valence-electron chi connectivity index (χ0n) is 27.4. The number of hydrogen-bond acceptors (Lipinski definition) is 10. The van der Waals surface area contributed by atoms with Gasteiger partial charge in [0.2, 0.25) is 0 Å². The fourth-order valence-corrected chi connectivity index (χ4v) is 8.48. The zero-order chi connectivity index (χ0) is 38.8. The molecule has 12 nitrogen and oxygen atoms in total. The summed E-state index contributed by atoms with van der Waals surface area (Å²) in [5, 5.41) is 0.631. The molecule has 56 heavy (non-hydrogen) atoms. The molecule has 9 rings (SSSR count). The molecule has 0 saturated heterocycles. The number of fused-ring (bicyclic) bond motifs is 8. The highest BCUT2D eigenvalue weighted by molar-refractivity contribution is 6.40. The molecule has 0 spiro atoms. The Labute approximate surface area is 354 Å². The first-order valence-corrected chi connectivity index (χ1v) is 18.9. The lowest BCUT2D eigenvalue weighted by Gasteiger charge is -2.09. The van der Waals surface area contributed by atoms with Gasteiger partial charge in [0.15, 0.2) is 0 Å². The number of hydrogen-bond donors (Lipinski definition) is 2. The number of halogens is 8. The Balaban J connectivity index is 1.55. The molecule has 0 aliphatic carbocycles. The molecule has 9 heterocycles. The van der Waals surface area contributed by atoms with Gasteiger partial charge in [-0.2, -0.15) is 0 Å². The van der Waals surface area contributed by atoms with E-state index in [4.69, 9.17) is 103 Å². The highest BCUT2D eigenvalue weighted by atomic mass is 35.5. The van der Waals surface area contributed by atoms with Crippen molar-refractivity contribution >= 4 is 139 Å². The second-order valence-corrected chi connectivity index (χ2v) is 14.7. The topological polar surface area (TPSA) is 160 Å². The van der Waals surface area contributed by atoms with Crippen LogP contribution in [0.5, 0.6) is 0 Å². The van der Waals surface area contributed by atoms with Crippen LogP contribution in [-0.2, 0) is 0 Å². The minimum Gasteiger partial charge on any atom is -0.354 e. The van der Waals surface area contributed by atoms with Crippen LogP contribution in [0.15, 0.2) is 49.6 Å². The first-order chi connectivity index (χ1) is 27.1. The van der Waals surface area contributed by atoms with Gasteiger partial charge in [-0.3, -0.25) is 0 Å². The summed E-state index contributed by atoms with van der Waals surface area (Å²) in [5.41, 5.74) is 6.82. The molecule has 20 heteroatoms. The molecule has 274 valence electrons. The summed E-state index contributed by atoms with van der Waals surface area (Å²) in [6.45, 7) is 0. The Morgan fingerprint density at radius 1 is 0.286 bits per heavy atom. The van der Waals surface area contributed by atoms with Crippen molar-refractivity contribution in [2.24, 2.45) is 0 Å². The van der Waals surface area contributed by atoms with Gasteiger partial charge in [-0.05, 0) is 48.6 Å². The van der Waals surface area contributed by atoms with Gasteiger partial charge in [0.05, 0.1) is 45.0 Å². The normalized spacial score (nSPS) is 12.1. The molecule has 8 bridgehead atoms. The van der Waals surface area contributed by atoms with E-state index in [-0.39, 0.29) is 41.2 Å². The van der Waals surface area contributed by atoms with E-state index in [1.165, 1.54) is 25.3 Å². The smallest absolute Gasteiger partial charge is 0.141 e. The summed E-state index contributed by atoms with van der Waals surface area (Å²) in [5.74, 6) is 0. The Hall–Kier alpha value is -4.76. The van der Waals surface area contributed by atoms with Crippen molar-refractivity contribution in [3.8, 4) is 44.5 Å². The molecule has 0 amide bonds. The standard InChI is InChI=1S/C36H14Cl8N12/c37-29-25(30(38)46-9-45-29)21-13-1-2-14(53-13)22(26-31(39)47-10-48-32(26)40)16-5-6-18(55-16)24(28-35(43)51-12-52-36(28)44)20-8-7-19(56-20)23(17-4-3-15(21)54-17)27-33(41)49-11-50-34(27)42/h1-12,53,56H. The largest absolute Gasteiger partial charge is 0.354 e. The van der Waals surface area contributed by atoms with Crippen LogP contribution >= 0.6 is 92.8 Å². The first-order valence-electron chi connectivity index (χ1n) is 15.9. The first kappa shape index (κ1) is 36.9. The summed E-state index contributed by atoms with van der Waals surface area (Å²) in [6, 6.07) is 7.24. The van der Waals surface area contributed by atoms with E-state index in [0.717, 1.165) is 0 Å². The van der Waals surface area contributed by atoms with Crippen LogP contribution < -0.4 is 0 Å². The van der Waals surface area contributed by atoms with Crippen LogP contribution in [0.1, 0.15) is 22.8 Å². The maximum Gasteiger partial charge on any atom is 0.141 e. The Kier molecular flexibility index (Phi) is 9.63. The molecule has 0 unspecified atom stereocenters. The zero-order valence-corrected chi connectivity index (χ0v) is 33.5. The van der Waals surface area contributed by atoms with E-state index in [2.05, 4.69) is 49.8 Å². The summed E-state index contributed by atoms with van der Waals surface area (Å²) >= 11 is 54.0. The molecule has 0 aromatic carbocycles. The van der Waals surface area contributed by atoms with Crippen LogP contribution in [-0.4, -0.2) is 59.8 Å². The molecule has 2 aliphatic heterocycles. The van der Waals surface area contributed by atoms with Crippen LogP contribution in [0, 0.1) is 0 Å². The van der Waals surface area contributed by atoms with Gasteiger partial charge in [-0.25, -0.2) is 49.8 Å². The molecular weight excluding hydrogens is 884 g/mol. The lowest BCUT2D eigenvalue weighted by atomic mass is 10.1. The second kappa shape index (κ2) is 14.6. The maximum absolute atomic E-state index is 6.75. The highest BCUT2D eigenvalue weighted by Crippen LogP contribution is 2.44. The molecule has 2 aliphatic rings. The quantitative estimate of drug-likeness (QED) is 0.163. The van der Waals surface area contributed by atoms with Crippen molar-refractivity contribution in [2.75, 3.05) is 0 Å². The minimum absolute atomic E-state index is 0.0789. The van der Waals surface area contributed by atoms with Crippen molar-refractivity contribution in [1.29, 1.82) is 0 Å². The fourth-order valence-electron chi connectivity index (χ4n) is 6.46. The van der Waals surface area contributed by atoms with Crippen molar-refractivity contribution in [1.82, 2.24) is 59.8 Å². The molecule has 0 radical (unpaired) electrons. The summed E-state index contributed by atoms with van der Waals surface area (Å²) < 4.78 is 0. The number of nitrogens with zero attached hydrogens (tertiary/aromatic N) is 10. The van der Waals surface area contributed by atoms with Gasteiger partial charge in [0.1, 0.15) is 66.5 Å². The van der Waals surface area contributed by atoms with Gasteiger partial charge in [0, 0.05) is 44.3 Å². The number of rotatable bonds is 4. The lowest BCUT2D eigenvalue weighted by molar-refractivity contribution is 1.16. The van der Waals surface area contributed by atoms with Crippen molar-refractivity contribution in [3.63, 3.8) is 0 Å². The van der Waals surface area contributed by atoms with Gasteiger partial charge >= 0.3 is 0 Å². The summed E-state index contributed by atoms with van der Waals surface area (Å²) in [7, 11) is 0. The van der Waals surface area contributed by atoms with Crippen LogP contribution in [0.2, 0.25) is 41.2 Å².